The minimum Gasteiger partial charge on any atom is -0.393 e. The van der Waals surface area contributed by atoms with Gasteiger partial charge in [0.2, 0.25) is 5.92 Å². The van der Waals surface area contributed by atoms with Crippen molar-refractivity contribution in [3.05, 3.63) is 30.1 Å². The summed E-state index contributed by atoms with van der Waals surface area (Å²) in [5, 5.41) is 14.6. The topological polar surface area (TPSA) is 54.2 Å². The number of rotatable bonds is 4. The van der Waals surface area contributed by atoms with E-state index in [9.17, 15) is 13.9 Å². The van der Waals surface area contributed by atoms with E-state index >= 15 is 0 Å². The quantitative estimate of drug-likeness (QED) is 0.671. The number of hydrogen-bond acceptors (Lipinski definition) is 4. The molecule has 2 saturated carbocycles. The van der Waals surface area contributed by atoms with Gasteiger partial charge in [0.25, 0.3) is 0 Å². The normalized spacial score (nSPS) is 24.5. The van der Waals surface area contributed by atoms with Crippen LogP contribution in [0.15, 0.2) is 24.3 Å². The zero-order valence-corrected chi connectivity index (χ0v) is 19.1. The number of benzene rings is 1. The van der Waals surface area contributed by atoms with Crippen molar-refractivity contribution in [3.63, 3.8) is 0 Å². The lowest BCUT2D eigenvalue weighted by Crippen LogP contribution is -2.36. The Hall–Kier alpha value is -2.02. The van der Waals surface area contributed by atoms with Crippen molar-refractivity contribution in [1.82, 2.24) is 14.8 Å². The highest BCUT2D eigenvalue weighted by Crippen LogP contribution is 2.49. The van der Waals surface area contributed by atoms with Crippen LogP contribution in [-0.2, 0) is 0 Å². The lowest BCUT2D eigenvalue weighted by Gasteiger charge is -2.37. The van der Waals surface area contributed by atoms with Crippen molar-refractivity contribution in [2.24, 2.45) is 5.41 Å². The predicted molar refractivity (Wildman–Crippen MR) is 121 cm³/mol. The highest BCUT2D eigenvalue weighted by atomic mass is 19.3. The lowest BCUT2D eigenvalue weighted by molar-refractivity contribution is -0.0896. The number of anilines is 1. The van der Waals surface area contributed by atoms with Gasteiger partial charge in [-0.3, -0.25) is 0 Å². The van der Waals surface area contributed by atoms with Crippen LogP contribution in [-0.4, -0.2) is 45.0 Å². The van der Waals surface area contributed by atoms with E-state index in [0.29, 0.717) is 11.2 Å². The second kappa shape index (κ2) is 8.08. The molecule has 1 saturated heterocycles. The van der Waals surface area contributed by atoms with Crippen LogP contribution in [0.3, 0.4) is 0 Å². The van der Waals surface area contributed by atoms with E-state index in [0.717, 1.165) is 68.7 Å². The summed E-state index contributed by atoms with van der Waals surface area (Å²) in [4.78, 5) is 7.09. The van der Waals surface area contributed by atoms with Gasteiger partial charge >= 0.3 is 0 Å². The third-order valence-corrected chi connectivity index (χ3v) is 7.72. The molecule has 2 aromatic rings. The molecule has 32 heavy (non-hydrogen) atoms. The molecule has 0 atom stereocenters. The number of alkyl halides is 2. The molecule has 3 fully saturated rings. The number of aliphatic hydroxyl groups excluding tert-OH is 1. The van der Waals surface area contributed by atoms with Gasteiger partial charge in [-0.1, -0.05) is 13.8 Å². The van der Waals surface area contributed by atoms with Crippen LogP contribution in [0, 0.1) is 5.41 Å². The standard InChI is InChI=1S/C25H34F2N4O/c1-24(2)11-7-20(8-12-24)31-23(18-15-25(26,27)16-18)28-22(29-31)17-3-5-19(6-4-17)30-13-9-21(32)10-14-30/h3-6,18,20-21,32H,7-16H2,1-2H3. The van der Waals surface area contributed by atoms with Gasteiger partial charge in [0.1, 0.15) is 5.82 Å². The van der Waals surface area contributed by atoms with Gasteiger partial charge in [-0.2, -0.15) is 5.10 Å². The second-order valence-corrected chi connectivity index (χ2v) is 10.9. The Labute approximate surface area is 188 Å². The summed E-state index contributed by atoms with van der Waals surface area (Å²) in [7, 11) is 0. The first-order chi connectivity index (χ1) is 15.2. The van der Waals surface area contributed by atoms with Gasteiger partial charge in [-0.05, 0) is 68.2 Å². The molecule has 174 valence electrons. The number of halogens is 2. The number of hydrogen-bond donors (Lipinski definition) is 1. The van der Waals surface area contributed by atoms with E-state index in [2.05, 4.69) is 30.9 Å². The minimum atomic E-state index is -2.57. The minimum absolute atomic E-state index is 0.122. The molecule has 3 aliphatic rings. The zero-order valence-electron chi connectivity index (χ0n) is 19.1. The number of piperidine rings is 1. The van der Waals surface area contributed by atoms with E-state index < -0.39 is 5.92 Å². The average molecular weight is 445 g/mol. The fourth-order valence-electron chi connectivity index (χ4n) is 5.42. The fourth-order valence-corrected chi connectivity index (χ4v) is 5.42. The van der Waals surface area contributed by atoms with Crippen molar-refractivity contribution < 1.29 is 13.9 Å². The molecular formula is C25H34F2N4O. The van der Waals surface area contributed by atoms with Crippen LogP contribution in [0.5, 0.6) is 0 Å². The molecule has 7 heteroatoms. The zero-order chi connectivity index (χ0) is 22.5. The van der Waals surface area contributed by atoms with Crippen LogP contribution in [0.25, 0.3) is 11.4 Å². The first-order valence-corrected chi connectivity index (χ1v) is 12.1. The molecule has 2 aliphatic carbocycles. The van der Waals surface area contributed by atoms with Crippen LogP contribution < -0.4 is 4.90 Å². The third-order valence-electron chi connectivity index (χ3n) is 7.72. The van der Waals surface area contributed by atoms with Gasteiger partial charge in [0.05, 0.1) is 12.1 Å². The maximum Gasteiger partial charge on any atom is 0.249 e. The Bertz CT molecular complexity index is 929. The fraction of sp³-hybridized carbons (Fsp3) is 0.680. The third kappa shape index (κ3) is 4.41. The number of aromatic nitrogens is 3. The molecule has 0 unspecified atom stereocenters. The summed E-state index contributed by atoms with van der Waals surface area (Å²) in [6.07, 6.45) is 5.42. The Kier molecular flexibility index (Phi) is 5.51. The van der Waals surface area contributed by atoms with Crippen molar-refractivity contribution in [2.75, 3.05) is 18.0 Å². The largest absolute Gasteiger partial charge is 0.393 e. The van der Waals surface area contributed by atoms with Crippen LogP contribution >= 0.6 is 0 Å². The SMILES string of the molecule is CC1(C)CCC(n2nc(-c3ccc(N4CCC(O)CC4)cc3)nc2C2CC(F)(F)C2)CC1. The monoisotopic (exact) mass is 444 g/mol. The van der Waals surface area contributed by atoms with Gasteiger partial charge in [-0.15, -0.1) is 0 Å². The highest BCUT2D eigenvalue weighted by molar-refractivity contribution is 5.60. The van der Waals surface area contributed by atoms with Gasteiger partial charge in [0, 0.05) is 43.1 Å². The van der Waals surface area contributed by atoms with E-state index in [4.69, 9.17) is 10.1 Å². The molecule has 2 heterocycles. The van der Waals surface area contributed by atoms with Gasteiger partial charge in [-0.25, -0.2) is 18.4 Å². The van der Waals surface area contributed by atoms with Crippen molar-refractivity contribution in [3.8, 4) is 11.4 Å². The number of nitrogens with zero attached hydrogens (tertiary/aromatic N) is 4. The maximum absolute atomic E-state index is 13.6. The van der Waals surface area contributed by atoms with E-state index in [1.807, 2.05) is 16.8 Å². The van der Waals surface area contributed by atoms with Gasteiger partial charge < -0.3 is 10.0 Å². The highest BCUT2D eigenvalue weighted by Gasteiger charge is 2.48. The summed E-state index contributed by atoms with van der Waals surface area (Å²) in [6.45, 7) is 6.30. The summed E-state index contributed by atoms with van der Waals surface area (Å²) < 4.78 is 29.3. The van der Waals surface area contributed by atoms with E-state index in [-0.39, 0.29) is 30.9 Å². The molecule has 1 aliphatic heterocycles. The van der Waals surface area contributed by atoms with Crippen molar-refractivity contribution in [2.45, 2.75) is 89.2 Å². The molecule has 0 radical (unpaired) electrons. The maximum atomic E-state index is 13.6. The molecule has 0 amide bonds. The molecule has 1 aromatic carbocycles. The summed E-state index contributed by atoms with van der Waals surface area (Å²) in [5.74, 6) is -1.40. The predicted octanol–water partition coefficient (Wildman–Crippen LogP) is 5.56. The Balaban J connectivity index is 1.38. The molecule has 5 nitrogen and oxygen atoms in total. The molecule has 1 aromatic heterocycles. The average Bonchev–Trinajstić information content (AvgIpc) is 3.18. The number of aliphatic hydroxyl groups is 1. The first kappa shape index (κ1) is 21.8. The van der Waals surface area contributed by atoms with Crippen LogP contribution in [0.4, 0.5) is 14.5 Å². The van der Waals surface area contributed by atoms with Crippen molar-refractivity contribution >= 4 is 5.69 Å². The second-order valence-electron chi connectivity index (χ2n) is 10.9. The Morgan fingerprint density at radius 1 is 0.969 bits per heavy atom. The summed E-state index contributed by atoms with van der Waals surface area (Å²) in [6, 6.07) is 8.46. The smallest absolute Gasteiger partial charge is 0.249 e. The Morgan fingerprint density at radius 3 is 2.19 bits per heavy atom. The van der Waals surface area contributed by atoms with Crippen molar-refractivity contribution in [1.29, 1.82) is 0 Å². The van der Waals surface area contributed by atoms with Crippen LogP contribution in [0.1, 0.15) is 83.0 Å². The van der Waals surface area contributed by atoms with Crippen LogP contribution in [0.2, 0.25) is 0 Å². The summed E-state index contributed by atoms with van der Waals surface area (Å²) in [5.41, 5.74) is 2.39. The summed E-state index contributed by atoms with van der Waals surface area (Å²) >= 11 is 0. The molecule has 1 N–H and O–H groups in total. The first-order valence-electron chi connectivity index (χ1n) is 12.1. The van der Waals surface area contributed by atoms with E-state index in [1.54, 1.807) is 0 Å². The molecule has 0 bridgehead atoms. The lowest BCUT2D eigenvalue weighted by atomic mass is 9.75. The van der Waals surface area contributed by atoms with Gasteiger partial charge in [0.15, 0.2) is 5.82 Å². The molecular weight excluding hydrogens is 410 g/mol. The molecule has 0 spiro atoms. The van der Waals surface area contributed by atoms with E-state index in [1.165, 1.54) is 0 Å². The Morgan fingerprint density at radius 2 is 1.59 bits per heavy atom. The molecule has 5 rings (SSSR count).